The molecule has 0 spiro atoms. The summed E-state index contributed by atoms with van der Waals surface area (Å²) < 4.78 is 0. The minimum absolute atomic E-state index is 0.155. The molecule has 0 aromatic carbocycles. The fourth-order valence-corrected chi connectivity index (χ4v) is 3.95. The molecule has 1 aromatic rings. The maximum absolute atomic E-state index is 12.5. The Morgan fingerprint density at radius 1 is 1.33 bits per heavy atom. The molecule has 21 heavy (non-hydrogen) atoms. The van der Waals surface area contributed by atoms with Crippen molar-refractivity contribution < 1.29 is 4.79 Å². The number of hydrogen-bond donors (Lipinski definition) is 1. The van der Waals surface area contributed by atoms with Crippen LogP contribution in [0.1, 0.15) is 34.8 Å². The van der Waals surface area contributed by atoms with Gasteiger partial charge in [-0.2, -0.15) is 0 Å². The number of hydrogen-bond acceptors (Lipinski definition) is 4. The number of carbonyl (C=O) groups is 1. The second-order valence-electron chi connectivity index (χ2n) is 5.27. The predicted molar refractivity (Wildman–Crippen MR) is 92.0 cm³/mol. The molecule has 1 atom stereocenters. The van der Waals surface area contributed by atoms with Crippen molar-refractivity contribution in [3.05, 3.63) is 21.9 Å². The minimum atomic E-state index is 0.155. The summed E-state index contributed by atoms with van der Waals surface area (Å²) in [5.41, 5.74) is 5.79. The van der Waals surface area contributed by atoms with Gasteiger partial charge in [0, 0.05) is 31.1 Å². The van der Waals surface area contributed by atoms with E-state index in [0.717, 1.165) is 43.9 Å². The summed E-state index contributed by atoms with van der Waals surface area (Å²) in [6.45, 7) is 7.38. The van der Waals surface area contributed by atoms with E-state index in [9.17, 15) is 4.79 Å². The number of nitrogens with two attached hydrogens (primary N) is 1. The summed E-state index contributed by atoms with van der Waals surface area (Å²) in [6.07, 6.45) is 1.91. The lowest BCUT2D eigenvalue weighted by Crippen LogP contribution is -2.54. The summed E-state index contributed by atoms with van der Waals surface area (Å²) in [5.74, 6) is 0.155. The quantitative estimate of drug-likeness (QED) is 0.843. The highest BCUT2D eigenvalue weighted by Gasteiger charge is 2.27. The van der Waals surface area contributed by atoms with Gasteiger partial charge < -0.3 is 10.6 Å². The molecule has 1 aromatic heterocycles. The first kappa shape index (κ1) is 16.4. The number of piperazine rings is 1. The van der Waals surface area contributed by atoms with Gasteiger partial charge in [-0.15, -0.1) is 11.3 Å². The molecule has 2 rings (SSSR count). The topological polar surface area (TPSA) is 49.6 Å². The van der Waals surface area contributed by atoms with E-state index in [0.29, 0.717) is 4.99 Å². The highest BCUT2D eigenvalue weighted by molar-refractivity contribution is 7.80. The Hall–Kier alpha value is -0.980. The van der Waals surface area contributed by atoms with Gasteiger partial charge in [0.25, 0.3) is 5.91 Å². The van der Waals surface area contributed by atoms with Crippen molar-refractivity contribution in [2.24, 2.45) is 5.73 Å². The molecular weight excluding hydrogens is 302 g/mol. The zero-order valence-corrected chi connectivity index (χ0v) is 14.3. The van der Waals surface area contributed by atoms with Crippen molar-refractivity contribution >= 4 is 34.5 Å². The van der Waals surface area contributed by atoms with Crippen molar-refractivity contribution in [3.8, 4) is 0 Å². The molecule has 1 aliphatic rings. The van der Waals surface area contributed by atoms with E-state index in [1.807, 2.05) is 17.0 Å². The first-order valence-electron chi connectivity index (χ1n) is 7.48. The fraction of sp³-hybridized carbons (Fsp3) is 0.600. The van der Waals surface area contributed by atoms with Crippen LogP contribution >= 0.6 is 23.6 Å². The average Bonchev–Trinajstić information content (AvgIpc) is 2.96. The summed E-state index contributed by atoms with van der Waals surface area (Å²) in [6, 6.07) is 4.15. The van der Waals surface area contributed by atoms with Crippen LogP contribution in [0.3, 0.4) is 0 Å². The Balaban J connectivity index is 1.94. The molecule has 1 amide bonds. The van der Waals surface area contributed by atoms with E-state index < -0.39 is 0 Å². The van der Waals surface area contributed by atoms with Crippen LogP contribution in [0.2, 0.25) is 0 Å². The summed E-state index contributed by atoms with van der Waals surface area (Å²) in [5, 5.41) is 0. The van der Waals surface area contributed by atoms with Gasteiger partial charge in [-0.25, -0.2) is 0 Å². The molecule has 2 heterocycles. The van der Waals surface area contributed by atoms with Gasteiger partial charge in [-0.1, -0.05) is 26.1 Å². The Kier molecular flexibility index (Phi) is 5.72. The van der Waals surface area contributed by atoms with E-state index in [1.165, 1.54) is 4.88 Å². The predicted octanol–water partition coefficient (Wildman–Crippen LogP) is 2.13. The van der Waals surface area contributed by atoms with Crippen LogP contribution in [0.15, 0.2) is 12.1 Å². The summed E-state index contributed by atoms with van der Waals surface area (Å²) in [7, 11) is 0. The Labute approximate surface area is 135 Å². The SMILES string of the molecule is CCc1ccc(C(=O)N2CCN(C(CC)C(N)=S)CC2)s1. The van der Waals surface area contributed by atoms with Gasteiger partial charge >= 0.3 is 0 Å². The minimum Gasteiger partial charge on any atom is -0.392 e. The third kappa shape index (κ3) is 3.81. The molecule has 0 bridgehead atoms. The first-order valence-corrected chi connectivity index (χ1v) is 8.70. The molecule has 6 heteroatoms. The second kappa shape index (κ2) is 7.33. The standard InChI is InChI=1S/C15H23N3OS2/c1-3-11-5-6-13(21-11)15(19)18-9-7-17(8-10-18)12(4-2)14(16)20/h5-6,12H,3-4,7-10H2,1-2H3,(H2,16,20). The Morgan fingerprint density at radius 2 is 2.00 bits per heavy atom. The van der Waals surface area contributed by atoms with Gasteiger partial charge in [0.15, 0.2) is 0 Å². The van der Waals surface area contributed by atoms with E-state index in [1.54, 1.807) is 11.3 Å². The maximum Gasteiger partial charge on any atom is 0.264 e. The van der Waals surface area contributed by atoms with Crippen LogP contribution in [0.25, 0.3) is 0 Å². The molecule has 0 radical (unpaired) electrons. The molecule has 116 valence electrons. The van der Waals surface area contributed by atoms with Crippen molar-refractivity contribution in [1.29, 1.82) is 0 Å². The largest absolute Gasteiger partial charge is 0.392 e. The number of aryl methyl sites for hydroxylation is 1. The van der Waals surface area contributed by atoms with Crippen molar-refractivity contribution in [2.45, 2.75) is 32.7 Å². The smallest absolute Gasteiger partial charge is 0.264 e. The normalized spacial score (nSPS) is 17.7. The molecule has 1 fully saturated rings. The van der Waals surface area contributed by atoms with E-state index >= 15 is 0 Å². The van der Waals surface area contributed by atoms with Crippen LogP contribution < -0.4 is 5.73 Å². The molecule has 2 N–H and O–H groups in total. The zero-order chi connectivity index (χ0) is 15.4. The lowest BCUT2D eigenvalue weighted by atomic mass is 10.1. The van der Waals surface area contributed by atoms with Crippen LogP contribution in [-0.2, 0) is 6.42 Å². The molecule has 0 saturated carbocycles. The first-order chi connectivity index (χ1) is 10.1. The van der Waals surface area contributed by atoms with E-state index in [4.69, 9.17) is 18.0 Å². The third-order valence-corrected chi connectivity index (χ3v) is 5.47. The van der Waals surface area contributed by atoms with Gasteiger partial charge in [0.2, 0.25) is 0 Å². The van der Waals surface area contributed by atoms with E-state index in [2.05, 4.69) is 18.7 Å². The lowest BCUT2D eigenvalue weighted by Gasteiger charge is -2.38. The van der Waals surface area contributed by atoms with E-state index in [-0.39, 0.29) is 11.9 Å². The number of rotatable bonds is 5. The van der Waals surface area contributed by atoms with Crippen molar-refractivity contribution in [1.82, 2.24) is 9.80 Å². The average molecular weight is 326 g/mol. The molecule has 0 aliphatic carbocycles. The lowest BCUT2D eigenvalue weighted by molar-refractivity contribution is 0.0616. The number of nitrogens with zero attached hydrogens (tertiary/aromatic N) is 2. The van der Waals surface area contributed by atoms with Crippen molar-refractivity contribution in [2.75, 3.05) is 26.2 Å². The molecule has 1 aliphatic heterocycles. The van der Waals surface area contributed by atoms with Crippen LogP contribution in [0.4, 0.5) is 0 Å². The summed E-state index contributed by atoms with van der Waals surface area (Å²) in [4.78, 5) is 19.4. The molecular formula is C15H23N3OS2. The van der Waals surface area contributed by atoms with Crippen LogP contribution in [0, 0.1) is 0 Å². The third-order valence-electron chi connectivity index (χ3n) is 3.98. The van der Waals surface area contributed by atoms with Gasteiger partial charge in [0.1, 0.15) is 0 Å². The Morgan fingerprint density at radius 3 is 2.48 bits per heavy atom. The molecule has 1 unspecified atom stereocenters. The zero-order valence-electron chi connectivity index (χ0n) is 12.7. The second-order valence-corrected chi connectivity index (χ2v) is 6.91. The van der Waals surface area contributed by atoms with Crippen LogP contribution in [0.5, 0.6) is 0 Å². The Bertz CT molecular complexity index is 507. The number of thiophene rings is 1. The summed E-state index contributed by atoms with van der Waals surface area (Å²) >= 11 is 6.73. The van der Waals surface area contributed by atoms with Gasteiger partial charge in [-0.3, -0.25) is 9.69 Å². The maximum atomic E-state index is 12.5. The molecule has 4 nitrogen and oxygen atoms in total. The number of thiocarbonyl (C=S) groups is 1. The van der Waals surface area contributed by atoms with Gasteiger partial charge in [0.05, 0.1) is 15.9 Å². The number of carbonyl (C=O) groups excluding carboxylic acids is 1. The highest BCUT2D eigenvalue weighted by Crippen LogP contribution is 2.20. The fourth-order valence-electron chi connectivity index (χ4n) is 2.71. The van der Waals surface area contributed by atoms with Crippen LogP contribution in [-0.4, -0.2) is 52.9 Å². The molecule has 1 saturated heterocycles. The highest BCUT2D eigenvalue weighted by atomic mass is 32.1. The monoisotopic (exact) mass is 325 g/mol. The van der Waals surface area contributed by atoms with Crippen molar-refractivity contribution in [3.63, 3.8) is 0 Å². The van der Waals surface area contributed by atoms with Gasteiger partial charge in [-0.05, 0) is 25.0 Å². The number of amides is 1.